The van der Waals surface area contributed by atoms with Gasteiger partial charge in [0.2, 0.25) is 0 Å². The van der Waals surface area contributed by atoms with Gasteiger partial charge < -0.3 is 5.32 Å². The number of benzene rings is 1. The molecule has 1 N–H and O–H groups in total. The molecule has 5 heteroatoms. The monoisotopic (exact) mass is 310 g/mol. The van der Waals surface area contributed by atoms with Gasteiger partial charge in [-0.25, -0.2) is 13.8 Å². The third-order valence-corrected chi connectivity index (χ3v) is 4.94. The van der Waals surface area contributed by atoms with E-state index >= 15 is 0 Å². The molecule has 1 aromatic heterocycles. The first kappa shape index (κ1) is 15.9. The van der Waals surface area contributed by atoms with Gasteiger partial charge in [-0.3, -0.25) is 0 Å². The third-order valence-electron chi connectivity index (χ3n) is 3.17. The van der Waals surface area contributed by atoms with Gasteiger partial charge in [0.1, 0.15) is 0 Å². The highest BCUT2D eigenvalue weighted by Crippen LogP contribution is 2.33. The summed E-state index contributed by atoms with van der Waals surface area (Å²) in [5.41, 5.74) is 1.55. The van der Waals surface area contributed by atoms with E-state index in [1.54, 1.807) is 11.3 Å². The lowest BCUT2D eigenvalue weighted by Gasteiger charge is -2.15. The topological polar surface area (TPSA) is 24.9 Å². The number of nitrogens with zero attached hydrogens (tertiary/aromatic N) is 1. The molecule has 0 aliphatic carbocycles. The van der Waals surface area contributed by atoms with Gasteiger partial charge in [-0.05, 0) is 26.0 Å². The highest BCUT2D eigenvalue weighted by Gasteiger charge is 2.22. The summed E-state index contributed by atoms with van der Waals surface area (Å²) in [6.45, 7) is 10.4. The van der Waals surface area contributed by atoms with Crippen molar-refractivity contribution in [1.29, 1.82) is 0 Å². The second-order valence-electron chi connectivity index (χ2n) is 6.21. The van der Waals surface area contributed by atoms with E-state index in [2.05, 4.69) is 31.1 Å². The number of nitrogens with one attached hydrogen (secondary N) is 1. The maximum absolute atomic E-state index is 13.2. The zero-order valence-electron chi connectivity index (χ0n) is 12.9. The van der Waals surface area contributed by atoms with E-state index in [-0.39, 0.29) is 11.5 Å². The normalized spacial score (nSPS) is 13.3. The fraction of sp³-hybridized carbons (Fsp3) is 0.438. The predicted molar refractivity (Wildman–Crippen MR) is 83.9 cm³/mol. The van der Waals surface area contributed by atoms with Crippen LogP contribution in [0.1, 0.15) is 49.3 Å². The highest BCUT2D eigenvalue weighted by molar-refractivity contribution is 7.12. The first-order valence-electron chi connectivity index (χ1n) is 6.88. The number of aromatic nitrogens is 1. The molecule has 2 rings (SSSR count). The maximum atomic E-state index is 13.2. The first-order valence-corrected chi connectivity index (χ1v) is 7.69. The van der Waals surface area contributed by atoms with Crippen LogP contribution in [0, 0.1) is 18.6 Å². The minimum Gasteiger partial charge on any atom is -0.378 e. The fourth-order valence-corrected chi connectivity index (χ4v) is 3.16. The van der Waals surface area contributed by atoms with Gasteiger partial charge in [-0.1, -0.05) is 20.8 Å². The summed E-state index contributed by atoms with van der Waals surface area (Å²) in [6, 6.07) is 3.83. The Hall–Kier alpha value is -1.49. The number of hydrogen-bond donors (Lipinski definition) is 1. The molecule has 0 aliphatic rings. The molecule has 0 fully saturated rings. The number of halogens is 2. The van der Waals surface area contributed by atoms with Crippen LogP contribution in [-0.4, -0.2) is 4.98 Å². The van der Waals surface area contributed by atoms with Crippen LogP contribution in [0.5, 0.6) is 0 Å². The van der Waals surface area contributed by atoms with Crippen LogP contribution in [0.2, 0.25) is 0 Å². The first-order chi connectivity index (χ1) is 9.68. The zero-order chi connectivity index (χ0) is 15.8. The molecule has 0 bridgehead atoms. The van der Waals surface area contributed by atoms with E-state index in [1.165, 1.54) is 12.1 Å². The summed E-state index contributed by atoms with van der Waals surface area (Å²) in [6.07, 6.45) is 0. The molecule has 1 atom stereocenters. The summed E-state index contributed by atoms with van der Waals surface area (Å²) in [4.78, 5) is 5.74. The van der Waals surface area contributed by atoms with Crippen molar-refractivity contribution >= 4 is 17.0 Å². The van der Waals surface area contributed by atoms with Crippen LogP contribution in [0.25, 0.3) is 0 Å². The van der Waals surface area contributed by atoms with Crippen molar-refractivity contribution < 1.29 is 8.78 Å². The molecule has 114 valence electrons. The smallest absolute Gasteiger partial charge is 0.160 e. The van der Waals surface area contributed by atoms with Crippen molar-refractivity contribution in [3.63, 3.8) is 0 Å². The summed E-state index contributed by atoms with van der Waals surface area (Å²) in [5, 5.41) is 4.27. The van der Waals surface area contributed by atoms with Gasteiger partial charge in [0.05, 0.1) is 16.7 Å². The second-order valence-corrected chi connectivity index (χ2v) is 7.24. The van der Waals surface area contributed by atoms with Crippen LogP contribution in [0.15, 0.2) is 18.2 Å². The number of anilines is 1. The molecule has 0 aliphatic heterocycles. The van der Waals surface area contributed by atoms with E-state index in [0.717, 1.165) is 21.6 Å². The lowest BCUT2D eigenvalue weighted by atomic mass is 9.98. The van der Waals surface area contributed by atoms with E-state index < -0.39 is 11.6 Å². The Labute approximate surface area is 128 Å². The van der Waals surface area contributed by atoms with Gasteiger partial charge in [0, 0.05) is 22.0 Å². The minimum absolute atomic E-state index is 0.00931. The Kier molecular flexibility index (Phi) is 4.33. The van der Waals surface area contributed by atoms with Gasteiger partial charge in [0.25, 0.3) is 0 Å². The van der Waals surface area contributed by atoms with Crippen molar-refractivity contribution in [2.24, 2.45) is 0 Å². The Balaban J connectivity index is 2.22. The van der Waals surface area contributed by atoms with Crippen molar-refractivity contribution in [3.05, 3.63) is 45.4 Å². The number of hydrogen-bond acceptors (Lipinski definition) is 3. The molecule has 2 nitrogen and oxygen atoms in total. The number of thiazole rings is 1. The summed E-state index contributed by atoms with van der Waals surface area (Å²) in [7, 11) is 0. The molecule has 0 radical (unpaired) electrons. The minimum atomic E-state index is -0.844. The molecule has 1 aromatic carbocycles. The second kappa shape index (κ2) is 5.72. The van der Waals surface area contributed by atoms with Gasteiger partial charge in [0.15, 0.2) is 11.6 Å². The van der Waals surface area contributed by atoms with Crippen LogP contribution in [0.4, 0.5) is 14.5 Å². The summed E-state index contributed by atoms with van der Waals surface area (Å²) < 4.78 is 26.2. The van der Waals surface area contributed by atoms with Crippen molar-refractivity contribution in [1.82, 2.24) is 4.98 Å². The molecule has 0 saturated heterocycles. The Bertz CT molecular complexity index is 644. The molecule has 0 spiro atoms. The zero-order valence-corrected chi connectivity index (χ0v) is 13.7. The average molecular weight is 310 g/mol. The standard InChI is InChI=1S/C16H20F2N2S/c1-9(19-11-6-7-12(17)13(18)8-11)14-10(2)20-15(21-14)16(3,4)5/h6-9,19H,1-5H3. The molecule has 2 aromatic rings. The van der Waals surface area contributed by atoms with Crippen molar-refractivity contribution in [2.75, 3.05) is 5.32 Å². The van der Waals surface area contributed by atoms with E-state index in [1.807, 2.05) is 13.8 Å². The maximum Gasteiger partial charge on any atom is 0.160 e. The summed E-state index contributed by atoms with van der Waals surface area (Å²) in [5.74, 6) is -1.68. The number of aryl methyl sites for hydroxylation is 1. The SMILES string of the molecule is Cc1nc(C(C)(C)C)sc1C(C)Nc1ccc(F)c(F)c1. The Morgan fingerprint density at radius 2 is 1.86 bits per heavy atom. The lowest BCUT2D eigenvalue weighted by Crippen LogP contribution is -2.10. The van der Waals surface area contributed by atoms with Crippen molar-refractivity contribution in [2.45, 2.75) is 46.1 Å². The quantitative estimate of drug-likeness (QED) is 0.842. The van der Waals surface area contributed by atoms with E-state index in [0.29, 0.717) is 5.69 Å². The van der Waals surface area contributed by atoms with Crippen molar-refractivity contribution in [3.8, 4) is 0 Å². The van der Waals surface area contributed by atoms with Gasteiger partial charge >= 0.3 is 0 Å². The summed E-state index contributed by atoms with van der Waals surface area (Å²) >= 11 is 1.66. The molecule has 21 heavy (non-hydrogen) atoms. The third kappa shape index (κ3) is 3.59. The van der Waals surface area contributed by atoms with Crippen LogP contribution in [-0.2, 0) is 5.41 Å². The molecule has 1 heterocycles. The van der Waals surface area contributed by atoms with Gasteiger partial charge in [-0.2, -0.15) is 0 Å². The highest BCUT2D eigenvalue weighted by atomic mass is 32.1. The molecule has 0 amide bonds. The molecule has 1 unspecified atom stereocenters. The Morgan fingerprint density at radius 1 is 1.19 bits per heavy atom. The van der Waals surface area contributed by atoms with E-state index in [9.17, 15) is 8.78 Å². The molecular weight excluding hydrogens is 290 g/mol. The van der Waals surface area contributed by atoms with E-state index in [4.69, 9.17) is 0 Å². The fourth-order valence-electron chi connectivity index (χ4n) is 2.03. The molecule has 0 saturated carbocycles. The number of rotatable bonds is 3. The van der Waals surface area contributed by atoms with Gasteiger partial charge in [-0.15, -0.1) is 11.3 Å². The van der Waals surface area contributed by atoms with Crippen LogP contribution < -0.4 is 5.32 Å². The largest absolute Gasteiger partial charge is 0.378 e. The average Bonchev–Trinajstić information content (AvgIpc) is 2.76. The molecular formula is C16H20F2N2S. The van der Waals surface area contributed by atoms with Crippen LogP contribution >= 0.6 is 11.3 Å². The lowest BCUT2D eigenvalue weighted by molar-refractivity contribution is 0.509. The predicted octanol–water partition coefficient (Wildman–Crippen LogP) is 5.20. The van der Waals surface area contributed by atoms with Crippen LogP contribution in [0.3, 0.4) is 0 Å². The Morgan fingerprint density at radius 3 is 2.38 bits per heavy atom.